The zero-order chi connectivity index (χ0) is 10.3. The zero-order valence-electron chi connectivity index (χ0n) is 8.74. The highest BCUT2D eigenvalue weighted by atomic mass is 16.7. The lowest BCUT2D eigenvalue weighted by Crippen LogP contribution is -2.48. The molecule has 1 unspecified atom stereocenters. The molecular weight excluding hydrogens is 196 g/mol. The topological polar surface area (TPSA) is 48.1 Å². The first kappa shape index (κ1) is 9.60. The number of carbonyl (C=O) groups is 1. The Labute approximate surface area is 88.9 Å². The molecule has 0 amide bonds. The molecular formula is C11H16O4. The first-order valence-electron chi connectivity index (χ1n) is 5.73. The van der Waals surface area contributed by atoms with Crippen LogP contribution in [0.1, 0.15) is 32.1 Å². The molecule has 84 valence electrons. The molecule has 0 N–H and O–H groups in total. The third kappa shape index (κ3) is 2.01. The molecule has 3 aliphatic heterocycles. The number of ether oxygens (including phenoxy) is 3. The first-order valence-corrected chi connectivity index (χ1v) is 5.73. The summed E-state index contributed by atoms with van der Waals surface area (Å²) in [5.41, 5.74) is 0. The van der Waals surface area contributed by atoms with Crippen LogP contribution in [-0.4, -0.2) is 31.1 Å². The summed E-state index contributed by atoms with van der Waals surface area (Å²) in [7, 11) is 0. The van der Waals surface area contributed by atoms with E-state index in [-0.39, 0.29) is 12.1 Å². The summed E-state index contributed by atoms with van der Waals surface area (Å²) in [6.45, 7) is 1.46. The largest absolute Gasteiger partial charge is 0.433 e. The fourth-order valence-corrected chi connectivity index (χ4v) is 2.45. The Morgan fingerprint density at radius 3 is 2.60 bits per heavy atom. The average Bonchev–Trinajstić information content (AvgIpc) is 3.03. The normalized spacial score (nSPS) is 42.7. The third-order valence-electron chi connectivity index (χ3n) is 3.55. The number of hydrogen-bond acceptors (Lipinski definition) is 4. The van der Waals surface area contributed by atoms with Crippen LogP contribution >= 0.6 is 0 Å². The highest BCUT2D eigenvalue weighted by molar-refractivity contribution is 5.70. The highest BCUT2D eigenvalue weighted by Crippen LogP contribution is 2.42. The van der Waals surface area contributed by atoms with Crippen LogP contribution in [0.2, 0.25) is 0 Å². The summed E-state index contributed by atoms with van der Waals surface area (Å²) in [6, 6.07) is 0. The van der Waals surface area contributed by atoms with Crippen molar-refractivity contribution >= 4 is 5.97 Å². The van der Waals surface area contributed by atoms with Gasteiger partial charge in [0.15, 0.2) is 0 Å². The summed E-state index contributed by atoms with van der Waals surface area (Å²) >= 11 is 0. The van der Waals surface area contributed by atoms with Crippen LogP contribution in [0.15, 0.2) is 0 Å². The predicted molar refractivity (Wildman–Crippen MR) is 51.1 cm³/mol. The lowest BCUT2D eigenvalue weighted by Gasteiger charge is -2.45. The Balaban J connectivity index is 1.57. The van der Waals surface area contributed by atoms with Crippen molar-refractivity contribution in [1.82, 2.24) is 0 Å². The maximum Gasteiger partial charge on any atom is 0.311 e. The van der Waals surface area contributed by atoms with Crippen LogP contribution < -0.4 is 0 Å². The Morgan fingerprint density at radius 1 is 1.33 bits per heavy atom. The van der Waals surface area contributed by atoms with Gasteiger partial charge in [0.25, 0.3) is 0 Å². The fourth-order valence-electron chi connectivity index (χ4n) is 2.45. The van der Waals surface area contributed by atoms with Gasteiger partial charge in [-0.15, -0.1) is 0 Å². The second-order valence-corrected chi connectivity index (χ2v) is 4.80. The van der Waals surface area contributed by atoms with Gasteiger partial charge in [-0.2, -0.15) is 0 Å². The van der Waals surface area contributed by atoms with Crippen molar-refractivity contribution in [2.75, 3.05) is 13.2 Å². The number of fused-ring (bicyclic) bond motifs is 3. The third-order valence-corrected chi connectivity index (χ3v) is 3.55. The van der Waals surface area contributed by atoms with Gasteiger partial charge in [0.1, 0.15) is 0 Å². The Kier molecular flexibility index (Phi) is 2.21. The van der Waals surface area contributed by atoms with Gasteiger partial charge in [-0.3, -0.25) is 4.79 Å². The number of rotatable bonds is 3. The number of esters is 1. The smallest absolute Gasteiger partial charge is 0.311 e. The molecule has 4 nitrogen and oxygen atoms in total. The lowest BCUT2D eigenvalue weighted by atomic mass is 9.82. The summed E-state index contributed by atoms with van der Waals surface area (Å²) in [6.07, 6.45) is 4.49. The van der Waals surface area contributed by atoms with Crippen LogP contribution in [0.3, 0.4) is 0 Å². The Hall–Kier alpha value is -0.610. The van der Waals surface area contributed by atoms with E-state index in [9.17, 15) is 4.79 Å². The van der Waals surface area contributed by atoms with Crippen LogP contribution in [0.4, 0.5) is 0 Å². The van der Waals surface area contributed by atoms with E-state index < -0.39 is 5.79 Å². The number of hydrogen-bond donors (Lipinski definition) is 0. The molecule has 15 heavy (non-hydrogen) atoms. The van der Waals surface area contributed by atoms with E-state index in [4.69, 9.17) is 14.2 Å². The molecule has 4 aliphatic rings. The monoisotopic (exact) mass is 212 g/mol. The van der Waals surface area contributed by atoms with Gasteiger partial charge in [0.2, 0.25) is 5.79 Å². The van der Waals surface area contributed by atoms with Crippen molar-refractivity contribution in [3.8, 4) is 0 Å². The Bertz CT molecular complexity index is 250. The summed E-state index contributed by atoms with van der Waals surface area (Å²) in [4.78, 5) is 11.6. The molecule has 2 bridgehead atoms. The van der Waals surface area contributed by atoms with E-state index in [1.54, 1.807) is 0 Å². The highest BCUT2D eigenvalue weighted by Gasteiger charge is 2.45. The lowest BCUT2D eigenvalue weighted by molar-refractivity contribution is -0.279. The number of epoxide rings is 1. The minimum atomic E-state index is -0.583. The SMILES string of the molecule is O=C(CC1CO1)OC12CCC(CC1)CO2. The minimum absolute atomic E-state index is 0.105. The van der Waals surface area contributed by atoms with Gasteiger partial charge >= 0.3 is 5.97 Å². The van der Waals surface area contributed by atoms with Crippen LogP contribution in [0.5, 0.6) is 0 Å². The van der Waals surface area contributed by atoms with Gasteiger partial charge in [-0.1, -0.05) is 0 Å². The molecule has 3 saturated heterocycles. The van der Waals surface area contributed by atoms with Gasteiger partial charge in [-0.25, -0.2) is 0 Å². The van der Waals surface area contributed by atoms with Gasteiger partial charge in [0.05, 0.1) is 25.7 Å². The average molecular weight is 212 g/mol. The van der Waals surface area contributed by atoms with Crippen LogP contribution in [0.25, 0.3) is 0 Å². The molecule has 1 atom stereocenters. The summed E-state index contributed by atoms with van der Waals surface area (Å²) < 4.78 is 16.1. The van der Waals surface area contributed by atoms with E-state index in [0.29, 0.717) is 18.9 Å². The Morgan fingerprint density at radius 2 is 2.07 bits per heavy atom. The standard InChI is InChI=1S/C11H16O4/c12-10(5-9-7-13-9)15-11-3-1-8(2-4-11)6-14-11/h8-9H,1-7H2. The molecule has 3 heterocycles. The summed E-state index contributed by atoms with van der Waals surface area (Å²) in [5, 5.41) is 0. The molecule has 1 aliphatic carbocycles. The molecule has 4 rings (SSSR count). The molecule has 4 fully saturated rings. The van der Waals surface area contributed by atoms with Crippen molar-refractivity contribution < 1.29 is 19.0 Å². The zero-order valence-corrected chi connectivity index (χ0v) is 8.74. The van der Waals surface area contributed by atoms with E-state index in [1.165, 1.54) is 0 Å². The molecule has 0 radical (unpaired) electrons. The van der Waals surface area contributed by atoms with E-state index in [0.717, 1.165) is 32.3 Å². The molecule has 0 spiro atoms. The van der Waals surface area contributed by atoms with Crippen molar-refractivity contribution in [3.05, 3.63) is 0 Å². The van der Waals surface area contributed by atoms with Crippen molar-refractivity contribution in [2.45, 2.75) is 44.0 Å². The maximum absolute atomic E-state index is 11.6. The predicted octanol–water partition coefficient (Wildman–Crippen LogP) is 1.24. The minimum Gasteiger partial charge on any atom is -0.433 e. The van der Waals surface area contributed by atoms with Crippen LogP contribution in [0, 0.1) is 5.92 Å². The first-order chi connectivity index (χ1) is 7.26. The molecule has 0 aromatic rings. The number of carbonyl (C=O) groups excluding carboxylic acids is 1. The molecule has 0 aromatic carbocycles. The fraction of sp³-hybridized carbons (Fsp3) is 0.909. The quantitative estimate of drug-likeness (QED) is 0.521. The molecule has 0 aromatic heterocycles. The maximum atomic E-state index is 11.6. The van der Waals surface area contributed by atoms with Crippen LogP contribution in [-0.2, 0) is 19.0 Å². The van der Waals surface area contributed by atoms with Crippen molar-refractivity contribution in [2.24, 2.45) is 5.92 Å². The molecule has 4 heteroatoms. The van der Waals surface area contributed by atoms with Crippen molar-refractivity contribution in [3.63, 3.8) is 0 Å². The second kappa shape index (κ2) is 3.46. The van der Waals surface area contributed by atoms with Gasteiger partial charge in [0, 0.05) is 12.8 Å². The van der Waals surface area contributed by atoms with E-state index in [2.05, 4.69) is 0 Å². The van der Waals surface area contributed by atoms with Gasteiger partial charge in [-0.05, 0) is 18.8 Å². The second-order valence-electron chi connectivity index (χ2n) is 4.80. The van der Waals surface area contributed by atoms with Gasteiger partial charge < -0.3 is 14.2 Å². The van der Waals surface area contributed by atoms with E-state index >= 15 is 0 Å². The molecule has 1 saturated carbocycles. The summed E-state index contributed by atoms with van der Waals surface area (Å²) in [5.74, 6) is -0.0593. The van der Waals surface area contributed by atoms with Crippen molar-refractivity contribution in [1.29, 1.82) is 0 Å². The van der Waals surface area contributed by atoms with E-state index in [1.807, 2.05) is 0 Å².